The van der Waals surface area contributed by atoms with Crippen LogP contribution in [0.15, 0.2) is 29.6 Å². The smallest absolute Gasteiger partial charge is 0.241 e. The van der Waals surface area contributed by atoms with Crippen LogP contribution in [0.1, 0.15) is 30.2 Å². The number of nitrogens with zero attached hydrogens (tertiary/aromatic N) is 3. The standard InChI is InChI=1S/C20H25N3O5S2/c1-6-9-30(25,26)23-18-10-15(27-4)7-8-16(18)22-20(23)29(24)12-17-14(3)19(28-5)13(2)11-21-17/h7-8,10-11H,6,9,12H2,1-5H3. The van der Waals surface area contributed by atoms with E-state index < -0.39 is 20.8 Å². The number of ether oxygens (including phenoxy) is 2. The third kappa shape index (κ3) is 4.06. The molecule has 0 saturated carbocycles. The Hall–Kier alpha value is -2.46. The van der Waals surface area contributed by atoms with Gasteiger partial charge in [-0.15, -0.1) is 0 Å². The summed E-state index contributed by atoms with van der Waals surface area (Å²) in [5, 5.41) is -0.0209. The summed E-state index contributed by atoms with van der Waals surface area (Å²) in [6, 6.07) is 4.94. The van der Waals surface area contributed by atoms with Crippen LogP contribution in [0.3, 0.4) is 0 Å². The predicted molar refractivity (Wildman–Crippen MR) is 116 cm³/mol. The fourth-order valence-electron chi connectivity index (χ4n) is 3.31. The van der Waals surface area contributed by atoms with E-state index in [2.05, 4.69) is 9.97 Å². The minimum absolute atomic E-state index is 0.0184. The largest absolute Gasteiger partial charge is 0.497 e. The number of pyridine rings is 1. The summed E-state index contributed by atoms with van der Waals surface area (Å²) in [6.45, 7) is 5.50. The lowest BCUT2D eigenvalue weighted by atomic mass is 10.1. The molecule has 10 heteroatoms. The molecule has 30 heavy (non-hydrogen) atoms. The highest BCUT2D eigenvalue weighted by Gasteiger charge is 2.26. The molecule has 1 unspecified atom stereocenters. The summed E-state index contributed by atoms with van der Waals surface area (Å²) in [4.78, 5) is 8.77. The fraction of sp³-hybridized carbons (Fsp3) is 0.400. The van der Waals surface area contributed by atoms with E-state index in [0.29, 0.717) is 34.6 Å². The van der Waals surface area contributed by atoms with Crippen molar-refractivity contribution in [2.24, 2.45) is 0 Å². The molecule has 162 valence electrons. The van der Waals surface area contributed by atoms with Crippen LogP contribution in [-0.4, -0.2) is 46.5 Å². The Kier molecular flexibility index (Phi) is 6.47. The van der Waals surface area contributed by atoms with Gasteiger partial charge in [0.1, 0.15) is 11.5 Å². The van der Waals surface area contributed by atoms with E-state index >= 15 is 0 Å². The molecule has 0 amide bonds. The van der Waals surface area contributed by atoms with Crippen molar-refractivity contribution < 1.29 is 22.1 Å². The maximum atomic E-state index is 13.3. The van der Waals surface area contributed by atoms with Crippen molar-refractivity contribution in [3.63, 3.8) is 0 Å². The van der Waals surface area contributed by atoms with E-state index in [9.17, 15) is 12.6 Å². The second-order valence-corrected chi connectivity index (χ2v) is 10.1. The van der Waals surface area contributed by atoms with Crippen LogP contribution < -0.4 is 9.47 Å². The Bertz CT molecular complexity index is 1220. The van der Waals surface area contributed by atoms with Crippen molar-refractivity contribution in [1.82, 2.24) is 13.9 Å². The zero-order valence-corrected chi connectivity index (χ0v) is 19.3. The van der Waals surface area contributed by atoms with Crippen molar-refractivity contribution in [2.45, 2.75) is 38.1 Å². The topological polar surface area (TPSA) is 100 Å². The molecule has 8 nitrogen and oxygen atoms in total. The molecule has 1 atom stereocenters. The number of aromatic nitrogens is 3. The normalized spacial score (nSPS) is 12.8. The quantitative estimate of drug-likeness (QED) is 0.519. The maximum absolute atomic E-state index is 13.3. The van der Waals surface area contributed by atoms with Gasteiger partial charge in [-0.1, -0.05) is 6.92 Å². The van der Waals surface area contributed by atoms with Gasteiger partial charge in [0.2, 0.25) is 15.2 Å². The van der Waals surface area contributed by atoms with E-state index in [4.69, 9.17) is 9.47 Å². The zero-order valence-electron chi connectivity index (χ0n) is 17.6. The molecular weight excluding hydrogens is 426 g/mol. The molecule has 0 N–H and O–H groups in total. The average Bonchev–Trinajstić information content (AvgIpc) is 3.10. The zero-order chi connectivity index (χ0) is 22.1. The number of imidazole rings is 1. The Labute approximate surface area is 178 Å². The van der Waals surface area contributed by atoms with E-state index in [1.807, 2.05) is 13.8 Å². The average molecular weight is 452 g/mol. The Morgan fingerprint density at radius 3 is 2.53 bits per heavy atom. The number of hydrogen-bond donors (Lipinski definition) is 0. The molecule has 0 aliphatic heterocycles. The second-order valence-electron chi connectivity index (χ2n) is 6.87. The minimum atomic E-state index is -3.76. The van der Waals surface area contributed by atoms with Crippen molar-refractivity contribution in [3.8, 4) is 11.5 Å². The molecule has 3 aromatic rings. The van der Waals surface area contributed by atoms with E-state index in [0.717, 1.165) is 15.1 Å². The first-order valence-corrected chi connectivity index (χ1v) is 12.3. The van der Waals surface area contributed by atoms with Gasteiger partial charge < -0.3 is 9.47 Å². The monoisotopic (exact) mass is 451 g/mol. The summed E-state index contributed by atoms with van der Waals surface area (Å²) in [5.41, 5.74) is 2.99. The van der Waals surface area contributed by atoms with E-state index in [-0.39, 0.29) is 16.7 Å². The van der Waals surface area contributed by atoms with Gasteiger partial charge >= 0.3 is 0 Å². The van der Waals surface area contributed by atoms with E-state index in [1.54, 1.807) is 38.4 Å². The van der Waals surface area contributed by atoms with Crippen LogP contribution >= 0.6 is 0 Å². The first-order chi connectivity index (χ1) is 14.2. The summed E-state index contributed by atoms with van der Waals surface area (Å²) in [7, 11) is -2.44. The van der Waals surface area contributed by atoms with Gasteiger partial charge in [-0.2, -0.15) is 0 Å². The van der Waals surface area contributed by atoms with Crippen LogP contribution in [-0.2, 0) is 26.6 Å². The number of aryl methyl sites for hydroxylation is 1. The molecule has 0 bridgehead atoms. The molecule has 0 aliphatic carbocycles. The van der Waals surface area contributed by atoms with Crippen molar-refractivity contribution in [2.75, 3.05) is 20.0 Å². The number of methoxy groups -OCH3 is 2. The molecule has 2 aromatic heterocycles. The highest BCUT2D eigenvalue weighted by molar-refractivity contribution is 7.91. The van der Waals surface area contributed by atoms with Crippen LogP contribution in [0.5, 0.6) is 11.5 Å². The van der Waals surface area contributed by atoms with Crippen molar-refractivity contribution in [1.29, 1.82) is 0 Å². The molecule has 2 heterocycles. The minimum Gasteiger partial charge on any atom is -0.497 e. The lowest BCUT2D eigenvalue weighted by molar-refractivity contribution is 0.407. The third-order valence-electron chi connectivity index (χ3n) is 4.75. The van der Waals surface area contributed by atoms with Gasteiger partial charge in [0, 0.05) is 23.4 Å². The van der Waals surface area contributed by atoms with Gasteiger partial charge in [-0.25, -0.2) is 17.4 Å². The number of benzene rings is 1. The van der Waals surface area contributed by atoms with Gasteiger partial charge in [0.15, 0.2) is 0 Å². The molecular formula is C20H25N3O5S2. The Morgan fingerprint density at radius 1 is 1.17 bits per heavy atom. The molecule has 0 radical (unpaired) electrons. The van der Waals surface area contributed by atoms with Crippen molar-refractivity contribution >= 4 is 31.9 Å². The molecule has 0 aliphatic rings. The summed E-state index contributed by atoms with van der Waals surface area (Å²) in [6.07, 6.45) is 2.08. The number of fused-ring (bicyclic) bond motifs is 1. The van der Waals surface area contributed by atoms with Gasteiger partial charge in [0.05, 0.1) is 53.3 Å². The second kappa shape index (κ2) is 8.73. The summed E-state index contributed by atoms with van der Waals surface area (Å²) in [5.74, 6) is 1.10. The summed E-state index contributed by atoms with van der Waals surface area (Å²) < 4.78 is 51.1. The number of rotatable bonds is 8. The van der Waals surface area contributed by atoms with Crippen molar-refractivity contribution in [3.05, 3.63) is 41.2 Å². The maximum Gasteiger partial charge on any atom is 0.241 e. The highest BCUT2D eigenvalue weighted by Crippen LogP contribution is 2.29. The Morgan fingerprint density at radius 2 is 1.90 bits per heavy atom. The van der Waals surface area contributed by atoms with Crippen LogP contribution in [0.2, 0.25) is 0 Å². The first kappa shape index (κ1) is 22.2. The van der Waals surface area contributed by atoms with Crippen LogP contribution in [0.25, 0.3) is 11.0 Å². The fourth-order valence-corrected chi connectivity index (χ4v) is 6.47. The van der Waals surface area contributed by atoms with Crippen LogP contribution in [0.4, 0.5) is 0 Å². The lowest BCUT2D eigenvalue weighted by Gasteiger charge is -2.13. The SMILES string of the molecule is CCCS(=O)(=O)n1c(S(=O)Cc2ncc(C)c(OC)c2C)nc2ccc(OC)cc21. The molecule has 0 fully saturated rings. The molecule has 0 spiro atoms. The van der Waals surface area contributed by atoms with Gasteiger partial charge in [-0.05, 0) is 32.4 Å². The molecule has 3 rings (SSSR count). The van der Waals surface area contributed by atoms with Crippen LogP contribution in [0, 0.1) is 13.8 Å². The highest BCUT2D eigenvalue weighted by atomic mass is 32.2. The van der Waals surface area contributed by atoms with Gasteiger partial charge in [-0.3, -0.25) is 9.19 Å². The number of hydrogen-bond acceptors (Lipinski definition) is 7. The van der Waals surface area contributed by atoms with Gasteiger partial charge in [0.25, 0.3) is 0 Å². The summed E-state index contributed by atoms with van der Waals surface area (Å²) >= 11 is 0. The molecule has 0 saturated heterocycles. The lowest BCUT2D eigenvalue weighted by Crippen LogP contribution is -2.20. The van der Waals surface area contributed by atoms with E-state index in [1.165, 1.54) is 7.11 Å². The molecule has 1 aromatic carbocycles. The first-order valence-electron chi connectivity index (χ1n) is 9.40. The Balaban J connectivity index is 2.15. The third-order valence-corrected chi connectivity index (χ3v) is 7.94. The predicted octanol–water partition coefficient (Wildman–Crippen LogP) is 2.96.